The number of rotatable bonds is 7. The molecule has 8 heteroatoms. The molecule has 0 spiro atoms. The Morgan fingerprint density at radius 3 is 3.09 bits per heavy atom. The van der Waals surface area contributed by atoms with Gasteiger partial charge >= 0.3 is 0 Å². The number of pyridine rings is 1. The number of nitrogens with zero attached hydrogens (tertiary/aromatic N) is 4. The summed E-state index contributed by atoms with van der Waals surface area (Å²) in [7, 11) is 0. The Bertz CT molecular complexity index is 1260. The first kappa shape index (κ1) is 20.9. The summed E-state index contributed by atoms with van der Waals surface area (Å²) < 4.78 is 7.90. The zero-order valence-electron chi connectivity index (χ0n) is 18.3. The van der Waals surface area contributed by atoms with Gasteiger partial charge in [-0.2, -0.15) is 0 Å². The van der Waals surface area contributed by atoms with Gasteiger partial charge in [-0.05, 0) is 29.7 Å². The van der Waals surface area contributed by atoms with Crippen molar-refractivity contribution in [1.82, 2.24) is 14.7 Å². The summed E-state index contributed by atoms with van der Waals surface area (Å²) in [5.41, 5.74) is 4.24. The molecule has 0 fully saturated rings. The Labute approximate surface area is 191 Å². The van der Waals surface area contributed by atoms with E-state index in [0.717, 1.165) is 34.8 Å². The maximum atomic E-state index is 12.5. The van der Waals surface area contributed by atoms with Gasteiger partial charge in [-0.3, -0.25) is 9.79 Å². The van der Waals surface area contributed by atoms with Crippen LogP contribution in [0.3, 0.4) is 0 Å². The van der Waals surface area contributed by atoms with Crippen LogP contribution < -0.4 is 10.1 Å². The Morgan fingerprint density at radius 1 is 1.27 bits per heavy atom. The van der Waals surface area contributed by atoms with Gasteiger partial charge in [0.25, 0.3) is 5.91 Å². The molecule has 2 aliphatic heterocycles. The normalized spacial score (nSPS) is 19.7. The number of carbonyl (C=O) groups excluding carboxylic acids is 1. The monoisotopic (exact) mass is 443 g/mol. The van der Waals surface area contributed by atoms with Crippen LogP contribution in [-0.2, 0) is 4.84 Å². The summed E-state index contributed by atoms with van der Waals surface area (Å²) in [6.07, 6.45) is 9.79. The molecular weight excluding hydrogens is 418 g/mol. The maximum absolute atomic E-state index is 12.5. The molecule has 0 aliphatic carbocycles. The summed E-state index contributed by atoms with van der Waals surface area (Å²) in [5.74, 6) is 1.03. The quantitative estimate of drug-likeness (QED) is 0.606. The van der Waals surface area contributed by atoms with Gasteiger partial charge in [0.05, 0.1) is 17.8 Å². The highest BCUT2D eigenvalue weighted by molar-refractivity contribution is 6.11. The lowest BCUT2D eigenvalue weighted by Gasteiger charge is -2.17. The second-order valence-corrected chi connectivity index (χ2v) is 8.28. The van der Waals surface area contributed by atoms with Gasteiger partial charge in [-0.25, -0.2) is 4.98 Å². The van der Waals surface area contributed by atoms with Crippen molar-refractivity contribution >= 4 is 29.1 Å². The van der Waals surface area contributed by atoms with Crippen molar-refractivity contribution in [3.63, 3.8) is 0 Å². The summed E-state index contributed by atoms with van der Waals surface area (Å²) in [4.78, 5) is 26.6. The van der Waals surface area contributed by atoms with Crippen molar-refractivity contribution < 1.29 is 14.4 Å². The van der Waals surface area contributed by atoms with Gasteiger partial charge in [-0.1, -0.05) is 36.4 Å². The van der Waals surface area contributed by atoms with E-state index in [1.807, 2.05) is 47.1 Å². The van der Waals surface area contributed by atoms with Crippen molar-refractivity contribution in [2.24, 2.45) is 16.1 Å². The second-order valence-electron chi connectivity index (χ2n) is 8.28. The zero-order valence-corrected chi connectivity index (χ0v) is 18.3. The van der Waals surface area contributed by atoms with Crippen LogP contribution in [0.4, 0.5) is 0 Å². The van der Waals surface area contributed by atoms with E-state index in [1.165, 1.54) is 0 Å². The summed E-state index contributed by atoms with van der Waals surface area (Å²) in [6, 6.07) is 11.5. The number of carbonyl (C=O) groups is 1. The molecule has 0 radical (unpaired) electrons. The number of aromatic nitrogens is 2. The molecular formula is C25H25N5O3. The van der Waals surface area contributed by atoms with Crippen molar-refractivity contribution in [1.29, 1.82) is 0 Å². The minimum absolute atomic E-state index is 0.168. The lowest BCUT2D eigenvalue weighted by atomic mass is 9.99. The molecule has 2 unspecified atom stereocenters. The maximum Gasteiger partial charge on any atom is 0.253 e. The molecule has 0 saturated heterocycles. The highest BCUT2D eigenvalue weighted by Crippen LogP contribution is 2.28. The molecule has 5 rings (SSSR count). The molecule has 2 aliphatic rings. The number of para-hydroxylation sites is 1. The van der Waals surface area contributed by atoms with Crippen LogP contribution >= 0.6 is 0 Å². The van der Waals surface area contributed by atoms with Crippen LogP contribution in [-0.4, -0.2) is 53.0 Å². The smallest absolute Gasteiger partial charge is 0.253 e. The van der Waals surface area contributed by atoms with Crippen LogP contribution in [0.15, 0.2) is 71.2 Å². The van der Waals surface area contributed by atoms with E-state index in [1.54, 1.807) is 18.5 Å². The molecule has 2 aromatic heterocycles. The Hall–Kier alpha value is -3.94. The number of nitrogens with one attached hydrogen (secondary N) is 1. The van der Waals surface area contributed by atoms with Crippen molar-refractivity contribution in [2.75, 3.05) is 19.7 Å². The predicted octanol–water partition coefficient (Wildman–Crippen LogP) is 3.39. The summed E-state index contributed by atoms with van der Waals surface area (Å²) in [6.45, 7) is 3.67. The molecule has 0 bridgehead atoms. The predicted molar refractivity (Wildman–Crippen MR) is 127 cm³/mol. The highest BCUT2D eigenvalue weighted by atomic mass is 16.7. The second kappa shape index (κ2) is 9.28. The molecule has 168 valence electrons. The van der Waals surface area contributed by atoms with Crippen molar-refractivity contribution in [3.8, 4) is 5.75 Å². The fraction of sp³-hybridized carbons (Fsp3) is 0.280. The Kier molecular flexibility index (Phi) is 5.89. The number of imidazole rings is 1. The average molecular weight is 444 g/mol. The van der Waals surface area contributed by atoms with Crippen LogP contribution in [0.25, 0.3) is 11.2 Å². The Balaban J connectivity index is 1.13. The zero-order chi connectivity index (χ0) is 22.6. The number of hydrogen-bond donors (Lipinski definition) is 1. The number of aliphatic imine (C=N–C) groups is 1. The fourth-order valence-corrected chi connectivity index (χ4v) is 3.91. The number of oxime groups is 1. The number of benzene rings is 1. The van der Waals surface area contributed by atoms with Gasteiger partial charge in [0.15, 0.2) is 6.10 Å². The first-order valence-electron chi connectivity index (χ1n) is 11.0. The van der Waals surface area contributed by atoms with Crippen molar-refractivity contribution in [3.05, 3.63) is 72.2 Å². The third-order valence-electron chi connectivity index (χ3n) is 5.61. The SMILES string of the molecule is CC1C=C(c2ccccc2OCC2CC(CNC(=O)c3ccc4nccn4c3)=NO2)C=NC1. The van der Waals surface area contributed by atoms with Crippen LogP contribution in [0.5, 0.6) is 5.75 Å². The molecule has 3 aromatic rings. The van der Waals surface area contributed by atoms with E-state index in [4.69, 9.17) is 9.57 Å². The van der Waals surface area contributed by atoms with E-state index in [2.05, 4.69) is 33.4 Å². The lowest BCUT2D eigenvalue weighted by molar-refractivity contribution is 0.0470. The third-order valence-corrected chi connectivity index (χ3v) is 5.61. The van der Waals surface area contributed by atoms with E-state index < -0.39 is 0 Å². The van der Waals surface area contributed by atoms with Crippen molar-refractivity contribution in [2.45, 2.75) is 19.4 Å². The average Bonchev–Trinajstić information content (AvgIpc) is 3.50. The van der Waals surface area contributed by atoms with Gasteiger partial charge in [0, 0.05) is 43.3 Å². The molecule has 33 heavy (non-hydrogen) atoms. The van der Waals surface area contributed by atoms with E-state index in [0.29, 0.717) is 31.1 Å². The molecule has 2 atom stereocenters. The molecule has 1 aromatic carbocycles. The topological polar surface area (TPSA) is 89.6 Å². The Morgan fingerprint density at radius 2 is 2.18 bits per heavy atom. The first-order chi connectivity index (χ1) is 16.2. The van der Waals surface area contributed by atoms with Gasteiger partial charge < -0.3 is 19.3 Å². The van der Waals surface area contributed by atoms with Crippen LogP contribution in [0.1, 0.15) is 29.3 Å². The minimum Gasteiger partial charge on any atom is -0.489 e. The van der Waals surface area contributed by atoms with Crippen LogP contribution in [0, 0.1) is 5.92 Å². The highest BCUT2D eigenvalue weighted by Gasteiger charge is 2.23. The van der Waals surface area contributed by atoms with Gasteiger partial charge in [0.2, 0.25) is 0 Å². The number of ether oxygens (including phenoxy) is 1. The summed E-state index contributed by atoms with van der Waals surface area (Å²) >= 11 is 0. The molecule has 8 nitrogen and oxygen atoms in total. The molecule has 4 heterocycles. The standard InChI is InChI=1S/C25H25N5O3/c1-17-10-19(13-26-12-17)22-4-2-3-5-23(22)32-16-21-11-20(29-33-21)14-28-25(31)18-6-7-24-27-8-9-30(24)15-18/h2-10,13,15,17,21H,11-12,14,16H2,1H3,(H,28,31). The minimum atomic E-state index is -0.194. The molecule has 0 saturated carbocycles. The van der Waals surface area contributed by atoms with E-state index in [9.17, 15) is 4.79 Å². The summed E-state index contributed by atoms with van der Waals surface area (Å²) in [5, 5.41) is 7.04. The lowest BCUT2D eigenvalue weighted by Crippen LogP contribution is -2.30. The number of dihydropyridines is 1. The largest absolute Gasteiger partial charge is 0.489 e. The van der Waals surface area contributed by atoms with Gasteiger partial charge in [0.1, 0.15) is 18.0 Å². The first-order valence-corrected chi connectivity index (χ1v) is 11.0. The molecule has 1 N–H and O–H groups in total. The third kappa shape index (κ3) is 4.79. The fourth-order valence-electron chi connectivity index (χ4n) is 3.91. The van der Waals surface area contributed by atoms with E-state index >= 15 is 0 Å². The van der Waals surface area contributed by atoms with E-state index in [-0.39, 0.29) is 12.0 Å². The van der Waals surface area contributed by atoms with Gasteiger partial charge in [-0.15, -0.1) is 0 Å². The number of allylic oxidation sites excluding steroid dienone is 1. The molecule has 1 amide bonds. The number of amides is 1. The number of fused-ring (bicyclic) bond motifs is 1. The number of hydrogen-bond acceptors (Lipinski definition) is 6. The van der Waals surface area contributed by atoms with Crippen LogP contribution in [0.2, 0.25) is 0 Å².